The van der Waals surface area contributed by atoms with Crippen molar-refractivity contribution in [1.29, 1.82) is 0 Å². The topological polar surface area (TPSA) is 415 Å². The first kappa shape index (κ1) is 147. The molecule has 0 saturated carbocycles. The van der Waals surface area contributed by atoms with Gasteiger partial charge >= 0.3 is 12.1 Å². The number of hydrogen-bond acceptors (Lipinski definition) is 22. The number of amides is 4. The second-order valence-corrected chi connectivity index (χ2v) is 47.2. The highest BCUT2D eigenvalue weighted by Gasteiger charge is 2.36. The van der Waals surface area contributed by atoms with Crippen molar-refractivity contribution < 1.29 is 57.5 Å². The lowest BCUT2D eigenvalue weighted by Gasteiger charge is -2.28. The molecule has 4 amide bonds. The number of para-hydroxylation sites is 2. The fraction of sp³-hybridized carbons (Fsp3) is 0.767. The molecule has 0 radical (unpaired) electrons. The maximum Gasteiger partial charge on any atom is 0.312 e. The van der Waals surface area contributed by atoms with Gasteiger partial charge in [0.25, 0.3) is 0 Å². The second kappa shape index (κ2) is 78.5. The molecule has 28 heteroatoms. The standard InChI is InChI=1S/2C17H24N2O.2C12H25N3O2.2C11H21NO.2C11H23NO.2C9H19NO/c2*1-11(2)17(20)16(19-12(3)4)9-13-10-18-15-8-6-5-7-14(13)15;2*1-8(2)11(16)10(15-9(3)4)6-5-7-14-12(13)17;2*1-8(2)11(13)10-6-5-7-12(10)9(3)4;2*1-7(2)10(12-9(5)6)11(13)8(3)4;2*1-6(2)9(11)8(5)10-7(3)4/h2*5-8,10-12,16,18-19H,9H2,1-4H3;2*8-10,15H,5-7H2,1-4H3,(H3,13,14,17);2*8-10H,5-7H2,1-4H3;2*7-10,12H,1-6H3;2*6-8,10H,1-5H3/t2*16-;6*10-;2*8-/m1010101010/s1. The van der Waals surface area contributed by atoms with E-state index >= 15 is 0 Å². The first-order valence-corrected chi connectivity index (χ1v) is 56.5. The molecule has 0 bridgehead atoms. The van der Waals surface area contributed by atoms with Crippen molar-refractivity contribution in [3.63, 3.8) is 0 Å². The minimum Gasteiger partial charge on any atom is -0.361 e. The number of carbonyl (C=O) groups is 12. The van der Waals surface area contributed by atoms with Gasteiger partial charge in [0.1, 0.15) is 0 Å². The van der Waals surface area contributed by atoms with Gasteiger partial charge in [0, 0.05) is 167 Å². The largest absolute Gasteiger partial charge is 0.361 e. The van der Waals surface area contributed by atoms with Crippen LogP contribution < -0.4 is 64.6 Å². The quantitative estimate of drug-likeness (QED) is 0.0183. The summed E-state index contributed by atoms with van der Waals surface area (Å²) in [5.74, 6) is 4.86. The number of aromatic nitrogens is 2. The van der Waals surface area contributed by atoms with Crippen molar-refractivity contribution in [3.05, 3.63) is 72.1 Å². The smallest absolute Gasteiger partial charge is 0.312 e. The summed E-state index contributed by atoms with van der Waals surface area (Å²) in [5, 5.41) is 33.7. The van der Waals surface area contributed by atoms with Crippen LogP contribution in [0.25, 0.3) is 21.8 Å². The molecule has 148 heavy (non-hydrogen) atoms. The Morgan fingerprint density at radius 2 is 0.534 bits per heavy atom. The van der Waals surface area contributed by atoms with Crippen molar-refractivity contribution in [3.8, 4) is 0 Å². The van der Waals surface area contributed by atoms with Gasteiger partial charge in [-0.05, 0) is 154 Å². The van der Waals surface area contributed by atoms with Gasteiger partial charge in [0.15, 0.2) is 57.8 Å². The Balaban J connectivity index is -0.000000784. The van der Waals surface area contributed by atoms with Crippen molar-refractivity contribution in [2.24, 2.45) is 82.5 Å². The molecule has 4 heterocycles. The average molecular weight is 2080 g/mol. The summed E-state index contributed by atoms with van der Waals surface area (Å²) in [6.45, 7) is 96.0. The summed E-state index contributed by atoms with van der Waals surface area (Å²) in [6.07, 6.45) is 12.9. The second-order valence-electron chi connectivity index (χ2n) is 47.2. The summed E-state index contributed by atoms with van der Waals surface area (Å²) in [4.78, 5) is 151. The summed E-state index contributed by atoms with van der Waals surface area (Å²) in [7, 11) is 0. The van der Waals surface area contributed by atoms with Crippen molar-refractivity contribution in [1.82, 2.24) is 72.9 Å². The number of benzene rings is 2. The Kier molecular flexibility index (Phi) is 77.8. The lowest BCUT2D eigenvalue weighted by Crippen LogP contribution is -2.46. The van der Waals surface area contributed by atoms with Crippen LogP contribution in [-0.4, -0.2) is 237 Å². The Hall–Kier alpha value is -7.64. The third-order valence-corrected chi connectivity index (χ3v) is 24.9. The van der Waals surface area contributed by atoms with Crippen LogP contribution in [0.5, 0.6) is 0 Å². The molecule has 2 saturated heterocycles. The molecular formula is C120H224N16O12. The molecule has 4 aromatic rings. The molecule has 0 spiro atoms. The summed E-state index contributed by atoms with van der Waals surface area (Å²) >= 11 is 0. The Labute approximate surface area is 901 Å². The van der Waals surface area contributed by atoms with E-state index in [1.54, 1.807) is 0 Å². The molecule has 10 atom stereocenters. The molecule has 0 unspecified atom stereocenters. The molecule has 28 nitrogen and oxygen atoms in total. The van der Waals surface area contributed by atoms with Gasteiger partial charge in [-0.3, -0.25) is 57.7 Å². The molecular weight excluding hydrogens is 1860 g/mol. The van der Waals surface area contributed by atoms with Gasteiger partial charge < -0.3 is 74.6 Å². The van der Waals surface area contributed by atoms with Gasteiger partial charge in [-0.2, -0.15) is 0 Å². The summed E-state index contributed by atoms with van der Waals surface area (Å²) in [6, 6.07) is 19.0. The van der Waals surface area contributed by atoms with Crippen molar-refractivity contribution in [2.75, 3.05) is 26.2 Å². The maximum absolute atomic E-state index is 12.4. The lowest BCUT2D eigenvalue weighted by molar-refractivity contribution is -0.127. The number of hydrogen-bond donors (Lipinski definition) is 14. The molecule has 2 aromatic carbocycles. The van der Waals surface area contributed by atoms with E-state index in [0.29, 0.717) is 108 Å². The Morgan fingerprint density at radius 1 is 0.297 bits per heavy atom. The van der Waals surface area contributed by atoms with E-state index in [1.807, 2.05) is 244 Å². The predicted molar refractivity (Wildman–Crippen MR) is 623 cm³/mol. The number of H-pyrrole nitrogens is 2. The Bertz CT molecular complexity index is 4030. The zero-order chi connectivity index (χ0) is 115. The SMILES string of the molecule is CC(C)C(=O)[C@@H]1CCCN1C(C)C.CC(C)C(=O)[C@H]1CCCN1C(C)C.CC(C)N[C@@H](C(=O)C(C)C)C(C)C.CC(C)N[C@@H](C)C(=O)C(C)C.CC(C)N[C@@H](CCCNC(N)=O)C(=O)C(C)C.CC(C)N[C@@H](Cc1c[nH]c2ccccc12)C(=O)C(C)C.CC(C)N[C@H](C(=O)C(C)C)C(C)C.CC(C)N[C@H](C)C(=O)C(C)C.CC(C)N[C@H](CCCNC(N)=O)C(=O)C(C)C.CC(C)N[C@H](Cc1c[nH]c2ccccc12)C(=O)C(C)C. The fourth-order valence-electron chi connectivity index (χ4n) is 17.4. The summed E-state index contributed by atoms with van der Waals surface area (Å²) < 4.78 is 0. The van der Waals surface area contributed by atoms with E-state index in [2.05, 4.69) is 208 Å². The van der Waals surface area contributed by atoms with Crippen LogP contribution in [0.15, 0.2) is 60.9 Å². The molecule has 16 N–H and O–H groups in total. The minimum absolute atomic E-state index is 0.00463. The highest BCUT2D eigenvalue weighted by molar-refractivity contribution is 5.92. The molecule has 6 rings (SSSR count). The van der Waals surface area contributed by atoms with E-state index in [-0.39, 0.29) is 155 Å². The van der Waals surface area contributed by atoms with Crippen LogP contribution in [0.2, 0.25) is 0 Å². The van der Waals surface area contributed by atoms with Crippen LogP contribution in [0.1, 0.15) is 381 Å². The maximum atomic E-state index is 12.4. The lowest BCUT2D eigenvalue weighted by atomic mass is 9.92. The van der Waals surface area contributed by atoms with E-state index in [0.717, 1.165) is 75.5 Å². The van der Waals surface area contributed by atoms with Gasteiger partial charge in [0.2, 0.25) is 0 Å². The monoisotopic (exact) mass is 2080 g/mol. The number of urea groups is 2. The number of Topliss-reactive ketones (excluding diaryl/α,β-unsaturated/α-hetero) is 10. The third-order valence-electron chi connectivity index (χ3n) is 24.9. The first-order chi connectivity index (χ1) is 68.3. The number of likely N-dealkylation sites (tertiary alicyclic amines) is 2. The average Bonchev–Trinajstić information content (AvgIpc) is 1.65. The highest BCUT2D eigenvalue weighted by Crippen LogP contribution is 2.27. The number of fused-ring (bicyclic) bond motifs is 2. The number of aromatic amines is 2. The van der Waals surface area contributed by atoms with Gasteiger partial charge in [-0.25, -0.2) is 9.59 Å². The van der Waals surface area contributed by atoms with Crippen molar-refractivity contribution >= 4 is 91.7 Å². The van der Waals surface area contributed by atoms with Crippen LogP contribution in [0, 0.1) is 71.0 Å². The molecule has 0 aliphatic carbocycles. The number of carbonyl (C=O) groups excluding carboxylic acids is 12. The van der Waals surface area contributed by atoms with E-state index in [1.165, 1.54) is 34.7 Å². The van der Waals surface area contributed by atoms with Gasteiger partial charge in [-0.15, -0.1) is 0 Å². The van der Waals surface area contributed by atoms with E-state index in [9.17, 15) is 57.5 Å². The van der Waals surface area contributed by atoms with Crippen LogP contribution in [0.3, 0.4) is 0 Å². The van der Waals surface area contributed by atoms with Gasteiger partial charge in [-0.1, -0.05) is 313 Å². The number of rotatable bonds is 52. The predicted octanol–water partition coefficient (Wildman–Crippen LogP) is 20.5. The van der Waals surface area contributed by atoms with E-state index < -0.39 is 12.1 Å². The molecule has 2 fully saturated rings. The molecule has 2 aliphatic rings. The van der Waals surface area contributed by atoms with Crippen LogP contribution in [-0.2, 0) is 60.8 Å². The normalized spacial score (nSPS) is 15.5. The van der Waals surface area contributed by atoms with E-state index in [4.69, 9.17) is 11.5 Å². The van der Waals surface area contributed by atoms with Crippen LogP contribution in [0.4, 0.5) is 9.59 Å². The highest BCUT2D eigenvalue weighted by atomic mass is 16.2. The minimum atomic E-state index is -0.520. The molecule has 2 aliphatic heterocycles. The van der Waals surface area contributed by atoms with Gasteiger partial charge in [0.05, 0.1) is 60.4 Å². The number of primary amides is 2. The first-order valence-electron chi connectivity index (χ1n) is 56.5. The summed E-state index contributed by atoms with van der Waals surface area (Å²) in [5.41, 5.74) is 14.6. The third kappa shape index (κ3) is 63.8. The number of ketones is 10. The zero-order valence-corrected chi connectivity index (χ0v) is 102. The number of nitrogens with two attached hydrogens (primary N) is 2. The Morgan fingerprint density at radius 3 is 0.750 bits per heavy atom. The number of nitrogens with zero attached hydrogens (tertiary/aromatic N) is 2. The molecule has 2 aromatic heterocycles. The molecule has 856 valence electrons. The van der Waals surface area contributed by atoms with Crippen LogP contribution >= 0.6 is 0 Å². The van der Waals surface area contributed by atoms with Crippen molar-refractivity contribution in [2.45, 2.75) is 504 Å². The fourth-order valence-corrected chi connectivity index (χ4v) is 17.4. The number of nitrogens with one attached hydrogen (secondary N) is 12. The zero-order valence-electron chi connectivity index (χ0n) is 102.